The molecule has 0 radical (unpaired) electrons. The van der Waals surface area contributed by atoms with Crippen molar-refractivity contribution in [2.45, 2.75) is 57.7 Å². The van der Waals surface area contributed by atoms with E-state index in [0.717, 1.165) is 23.0 Å². The van der Waals surface area contributed by atoms with Crippen LogP contribution in [0.1, 0.15) is 50.9 Å². The lowest BCUT2D eigenvalue weighted by Crippen LogP contribution is -2.44. The van der Waals surface area contributed by atoms with Gasteiger partial charge in [-0.3, -0.25) is 10.00 Å². The molecule has 1 amide bonds. The van der Waals surface area contributed by atoms with E-state index in [1.54, 1.807) is 0 Å². The quantitative estimate of drug-likeness (QED) is 0.710. The number of aromatic nitrogens is 2. The number of nitrogens with zero attached hydrogens (tertiary/aromatic N) is 2. The highest BCUT2D eigenvalue weighted by atomic mass is 127. The number of nitrogens with one attached hydrogen (secondary N) is 1. The van der Waals surface area contributed by atoms with Crippen molar-refractivity contribution in [3.05, 3.63) is 15.0 Å². The molecule has 2 unspecified atom stereocenters. The van der Waals surface area contributed by atoms with Crippen molar-refractivity contribution in [1.82, 2.24) is 15.1 Å². The van der Waals surface area contributed by atoms with Gasteiger partial charge in [-0.15, -0.1) is 0 Å². The lowest BCUT2D eigenvalue weighted by Gasteiger charge is -2.35. The predicted octanol–water partition coefficient (Wildman–Crippen LogP) is 3.01. The maximum absolute atomic E-state index is 12.4. The second kappa shape index (κ2) is 4.36. The van der Waals surface area contributed by atoms with Crippen molar-refractivity contribution in [3.63, 3.8) is 0 Å². The van der Waals surface area contributed by atoms with Crippen LogP contribution in [0.25, 0.3) is 0 Å². The standard InChI is InChI=1S/C13H18IN3O2/c1-13(2,3)19-12(18)17-7-4-5-9(17)10-8(6-7)15-16-11(10)14/h7,9H,4-6H2,1-3H3,(H,15,16). The Morgan fingerprint density at radius 3 is 2.89 bits per heavy atom. The number of ether oxygens (including phenoxy) is 1. The minimum absolute atomic E-state index is 0.134. The summed E-state index contributed by atoms with van der Waals surface area (Å²) >= 11 is 2.24. The molecule has 104 valence electrons. The molecule has 1 aromatic rings. The predicted molar refractivity (Wildman–Crippen MR) is 78.8 cm³/mol. The fraction of sp³-hybridized carbons (Fsp3) is 0.692. The smallest absolute Gasteiger partial charge is 0.411 e. The molecule has 0 aromatic carbocycles. The number of fused-ring (bicyclic) bond motifs is 4. The minimum Gasteiger partial charge on any atom is -0.444 e. The third-order valence-electron chi connectivity index (χ3n) is 3.72. The van der Waals surface area contributed by atoms with Crippen molar-refractivity contribution < 1.29 is 9.53 Å². The highest BCUT2D eigenvalue weighted by Crippen LogP contribution is 2.45. The zero-order valence-electron chi connectivity index (χ0n) is 11.4. The van der Waals surface area contributed by atoms with Crippen molar-refractivity contribution in [2.24, 2.45) is 0 Å². The Morgan fingerprint density at radius 1 is 1.47 bits per heavy atom. The van der Waals surface area contributed by atoms with Crippen LogP contribution in [-0.4, -0.2) is 32.8 Å². The van der Waals surface area contributed by atoms with Crippen molar-refractivity contribution >= 4 is 28.7 Å². The molecular weight excluding hydrogens is 357 g/mol. The van der Waals surface area contributed by atoms with Gasteiger partial charge in [-0.25, -0.2) is 4.79 Å². The third kappa shape index (κ3) is 2.23. The molecular formula is C13H18IN3O2. The first-order valence-corrected chi connectivity index (χ1v) is 7.68. The van der Waals surface area contributed by atoms with E-state index in [0.29, 0.717) is 0 Å². The Bertz CT molecular complexity index is 520. The number of halogens is 1. The SMILES string of the molecule is CC(C)(C)OC(=O)N1C2CCC1c1c(I)n[nH]c1C2. The lowest BCUT2D eigenvalue weighted by atomic mass is 10.0. The monoisotopic (exact) mass is 375 g/mol. The molecule has 3 rings (SSSR count). The van der Waals surface area contributed by atoms with Crippen LogP contribution in [0.2, 0.25) is 0 Å². The van der Waals surface area contributed by atoms with Crippen LogP contribution < -0.4 is 0 Å². The molecule has 1 N–H and O–H groups in total. The van der Waals surface area contributed by atoms with Crippen LogP contribution in [-0.2, 0) is 11.2 Å². The second-order valence-electron chi connectivity index (χ2n) is 6.25. The molecule has 1 saturated heterocycles. The number of amides is 1. The molecule has 19 heavy (non-hydrogen) atoms. The van der Waals surface area contributed by atoms with Gasteiger partial charge in [0.2, 0.25) is 0 Å². The molecule has 0 aliphatic carbocycles. The lowest BCUT2D eigenvalue weighted by molar-refractivity contribution is 0.0123. The third-order valence-corrected chi connectivity index (χ3v) is 4.54. The molecule has 3 heterocycles. The summed E-state index contributed by atoms with van der Waals surface area (Å²) in [6, 6.07) is 0.387. The fourth-order valence-electron chi connectivity index (χ4n) is 3.05. The van der Waals surface area contributed by atoms with Crippen LogP contribution in [0.15, 0.2) is 0 Å². The molecule has 1 fully saturated rings. The Kier molecular flexibility index (Phi) is 3.03. The van der Waals surface area contributed by atoms with Gasteiger partial charge in [0.05, 0.1) is 6.04 Å². The molecule has 2 aliphatic rings. The average molecular weight is 375 g/mol. The molecule has 6 heteroatoms. The first-order valence-electron chi connectivity index (χ1n) is 6.61. The van der Waals surface area contributed by atoms with E-state index >= 15 is 0 Å². The van der Waals surface area contributed by atoms with E-state index in [1.807, 2.05) is 25.7 Å². The number of H-pyrrole nitrogens is 1. The number of rotatable bonds is 0. The molecule has 5 nitrogen and oxygen atoms in total. The number of carbonyl (C=O) groups excluding carboxylic acids is 1. The average Bonchev–Trinajstić information content (AvgIpc) is 2.78. The van der Waals surface area contributed by atoms with Gasteiger partial charge < -0.3 is 4.74 Å². The van der Waals surface area contributed by atoms with Gasteiger partial charge in [-0.2, -0.15) is 5.10 Å². The number of aromatic amines is 1. The summed E-state index contributed by atoms with van der Waals surface area (Å²) in [7, 11) is 0. The van der Waals surface area contributed by atoms with E-state index in [1.165, 1.54) is 11.3 Å². The summed E-state index contributed by atoms with van der Waals surface area (Å²) < 4.78 is 6.52. The van der Waals surface area contributed by atoms with E-state index in [9.17, 15) is 4.79 Å². The molecule has 2 aliphatic heterocycles. The van der Waals surface area contributed by atoms with Crippen molar-refractivity contribution in [2.75, 3.05) is 0 Å². The van der Waals surface area contributed by atoms with Crippen LogP contribution in [0.3, 0.4) is 0 Å². The van der Waals surface area contributed by atoms with Gasteiger partial charge in [0.25, 0.3) is 0 Å². The zero-order chi connectivity index (χ0) is 13.8. The highest BCUT2D eigenvalue weighted by Gasteiger charge is 2.46. The summed E-state index contributed by atoms with van der Waals surface area (Å²) in [5.74, 6) is 0. The van der Waals surface area contributed by atoms with Crippen LogP contribution in [0, 0.1) is 3.70 Å². The normalized spacial score (nSPS) is 25.4. The molecule has 2 atom stereocenters. The topological polar surface area (TPSA) is 58.2 Å². The Labute approximate surface area is 126 Å². The van der Waals surface area contributed by atoms with Gasteiger partial charge >= 0.3 is 6.09 Å². The number of hydrogen-bond donors (Lipinski definition) is 1. The maximum Gasteiger partial charge on any atom is 0.411 e. The molecule has 2 bridgehead atoms. The first-order chi connectivity index (χ1) is 8.87. The molecule has 1 aromatic heterocycles. The van der Waals surface area contributed by atoms with E-state index in [2.05, 4.69) is 32.8 Å². The summed E-state index contributed by atoms with van der Waals surface area (Å²) in [6.45, 7) is 5.72. The Hall–Kier alpha value is -0.790. The van der Waals surface area contributed by atoms with Gasteiger partial charge in [-0.05, 0) is 56.2 Å². The van der Waals surface area contributed by atoms with Crippen molar-refractivity contribution in [3.8, 4) is 0 Å². The van der Waals surface area contributed by atoms with Gasteiger partial charge in [0.1, 0.15) is 9.30 Å². The summed E-state index contributed by atoms with van der Waals surface area (Å²) in [4.78, 5) is 14.3. The first kappa shape index (κ1) is 13.2. The highest BCUT2D eigenvalue weighted by molar-refractivity contribution is 14.1. The molecule has 0 spiro atoms. The van der Waals surface area contributed by atoms with E-state index < -0.39 is 5.60 Å². The summed E-state index contributed by atoms with van der Waals surface area (Å²) in [5.41, 5.74) is 1.94. The molecule has 0 saturated carbocycles. The van der Waals surface area contributed by atoms with Gasteiger partial charge in [-0.1, -0.05) is 0 Å². The number of carbonyl (C=O) groups is 1. The Balaban J connectivity index is 1.90. The van der Waals surface area contributed by atoms with Crippen molar-refractivity contribution in [1.29, 1.82) is 0 Å². The zero-order valence-corrected chi connectivity index (χ0v) is 13.5. The summed E-state index contributed by atoms with van der Waals surface area (Å²) in [5, 5.41) is 7.37. The van der Waals surface area contributed by atoms with Crippen LogP contribution >= 0.6 is 22.6 Å². The van der Waals surface area contributed by atoms with Gasteiger partial charge in [0, 0.05) is 23.7 Å². The Morgan fingerprint density at radius 2 is 2.21 bits per heavy atom. The second-order valence-corrected chi connectivity index (χ2v) is 7.27. The maximum atomic E-state index is 12.4. The largest absolute Gasteiger partial charge is 0.444 e. The van der Waals surface area contributed by atoms with E-state index in [-0.39, 0.29) is 18.2 Å². The number of hydrogen-bond acceptors (Lipinski definition) is 3. The summed E-state index contributed by atoms with van der Waals surface area (Å²) in [6.07, 6.45) is 2.72. The minimum atomic E-state index is -0.444. The van der Waals surface area contributed by atoms with Gasteiger partial charge in [0.15, 0.2) is 0 Å². The van der Waals surface area contributed by atoms with Crippen LogP contribution in [0.4, 0.5) is 4.79 Å². The fourth-order valence-corrected chi connectivity index (χ4v) is 3.85. The van der Waals surface area contributed by atoms with Crippen LogP contribution in [0.5, 0.6) is 0 Å². The van der Waals surface area contributed by atoms with E-state index in [4.69, 9.17) is 4.74 Å².